The molecular formula is C13H12N2O2S. The van der Waals surface area contributed by atoms with Crippen molar-refractivity contribution in [2.45, 2.75) is 23.1 Å². The number of nitrogens with zero attached hydrogens (tertiary/aromatic N) is 1. The summed E-state index contributed by atoms with van der Waals surface area (Å²) in [4.78, 5) is 27.0. The van der Waals surface area contributed by atoms with Crippen LogP contribution in [0, 0.1) is 0 Å². The first-order chi connectivity index (χ1) is 8.74. The minimum absolute atomic E-state index is 0.240. The third-order valence-corrected chi connectivity index (χ3v) is 4.35. The summed E-state index contributed by atoms with van der Waals surface area (Å²) in [5.74, 6) is 0. The first-order valence-corrected chi connectivity index (χ1v) is 6.65. The van der Waals surface area contributed by atoms with Gasteiger partial charge in [0.1, 0.15) is 0 Å². The van der Waals surface area contributed by atoms with E-state index in [1.54, 1.807) is 11.8 Å². The van der Waals surface area contributed by atoms with Crippen LogP contribution in [0.15, 0.2) is 51.0 Å². The van der Waals surface area contributed by atoms with Crippen molar-refractivity contribution in [3.8, 4) is 0 Å². The molecule has 0 aliphatic carbocycles. The Morgan fingerprint density at radius 1 is 1.28 bits per heavy atom. The summed E-state index contributed by atoms with van der Waals surface area (Å²) in [5.41, 5.74) is 0.724. The molecule has 1 atom stereocenters. The Morgan fingerprint density at radius 3 is 2.89 bits per heavy atom. The number of aromatic amines is 1. The molecule has 18 heavy (non-hydrogen) atoms. The maximum Gasteiger partial charge on any atom is 0.328 e. The van der Waals surface area contributed by atoms with E-state index in [2.05, 4.69) is 17.1 Å². The molecule has 92 valence electrons. The van der Waals surface area contributed by atoms with Crippen molar-refractivity contribution in [1.82, 2.24) is 9.55 Å². The van der Waals surface area contributed by atoms with Gasteiger partial charge in [0.05, 0.1) is 0 Å². The summed E-state index contributed by atoms with van der Waals surface area (Å²) in [7, 11) is 0. The van der Waals surface area contributed by atoms with Crippen LogP contribution in [0.4, 0.5) is 0 Å². The van der Waals surface area contributed by atoms with E-state index in [9.17, 15) is 9.59 Å². The van der Waals surface area contributed by atoms with Crippen molar-refractivity contribution in [3.05, 3.63) is 62.9 Å². The summed E-state index contributed by atoms with van der Waals surface area (Å²) in [6, 6.07) is 9.59. The first kappa shape index (κ1) is 11.3. The number of benzene rings is 1. The number of nitrogens with one attached hydrogen (secondary N) is 1. The highest BCUT2D eigenvalue weighted by Gasteiger charge is 2.22. The molecule has 1 aliphatic rings. The molecule has 1 aromatic carbocycles. The third-order valence-electron chi connectivity index (χ3n) is 3.04. The lowest BCUT2D eigenvalue weighted by Crippen LogP contribution is -2.36. The molecule has 4 nitrogen and oxygen atoms in total. The topological polar surface area (TPSA) is 54.9 Å². The Labute approximate surface area is 108 Å². The second-order valence-corrected chi connectivity index (χ2v) is 5.63. The molecule has 0 spiro atoms. The lowest BCUT2D eigenvalue weighted by molar-refractivity contribution is 0.606. The fourth-order valence-electron chi connectivity index (χ4n) is 2.18. The first-order valence-electron chi connectivity index (χ1n) is 5.77. The molecule has 1 aromatic heterocycles. The maximum atomic E-state index is 11.6. The Hall–Kier alpha value is -1.75. The number of fused-ring (bicyclic) bond motifs is 1. The van der Waals surface area contributed by atoms with Crippen molar-refractivity contribution in [2.75, 3.05) is 0 Å². The SMILES string of the molecule is O=c1cc[nH]c(=O)n1CC1Cc2ccccc2S1. The maximum absolute atomic E-state index is 11.6. The van der Waals surface area contributed by atoms with Gasteiger partial charge < -0.3 is 4.98 Å². The van der Waals surface area contributed by atoms with E-state index in [-0.39, 0.29) is 16.5 Å². The third kappa shape index (κ3) is 2.01. The monoisotopic (exact) mass is 260 g/mol. The number of hydrogen-bond acceptors (Lipinski definition) is 3. The van der Waals surface area contributed by atoms with Gasteiger partial charge in [0.2, 0.25) is 0 Å². The Bertz CT molecular complexity index is 636. The van der Waals surface area contributed by atoms with Crippen molar-refractivity contribution >= 4 is 11.8 Å². The smallest absolute Gasteiger partial charge is 0.314 e. The van der Waals surface area contributed by atoms with E-state index in [0.717, 1.165) is 6.42 Å². The van der Waals surface area contributed by atoms with Gasteiger partial charge in [0.25, 0.3) is 5.56 Å². The van der Waals surface area contributed by atoms with Crippen molar-refractivity contribution in [3.63, 3.8) is 0 Å². The van der Waals surface area contributed by atoms with E-state index in [1.807, 2.05) is 12.1 Å². The highest BCUT2D eigenvalue weighted by molar-refractivity contribution is 8.00. The molecule has 0 bridgehead atoms. The number of H-pyrrole nitrogens is 1. The molecule has 0 amide bonds. The van der Waals surface area contributed by atoms with Gasteiger partial charge in [-0.15, -0.1) is 11.8 Å². The predicted octanol–water partition coefficient (Wildman–Crippen LogP) is 1.25. The van der Waals surface area contributed by atoms with E-state index >= 15 is 0 Å². The average Bonchev–Trinajstić information content (AvgIpc) is 2.76. The molecule has 2 heterocycles. The van der Waals surface area contributed by atoms with Crippen LogP contribution >= 0.6 is 11.8 Å². The summed E-state index contributed by atoms with van der Waals surface area (Å²) in [6.45, 7) is 0.453. The van der Waals surface area contributed by atoms with Crippen LogP contribution in [0.25, 0.3) is 0 Å². The fraction of sp³-hybridized carbons (Fsp3) is 0.231. The molecule has 1 N–H and O–H groups in total. The minimum Gasteiger partial charge on any atom is -0.314 e. The average molecular weight is 260 g/mol. The van der Waals surface area contributed by atoms with Gasteiger partial charge >= 0.3 is 5.69 Å². The van der Waals surface area contributed by atoms with Gasteiger partial charge in [-0.05, 0) is 18.1 Å². The van der Waals surface area contributed by atoms with Crippen LogP contribution in [0.5, 0.6) is 0 Å². The molecular weight excluding hydrogens is 248 g/mol. The number of thioether (sulfide) groups is 1. The van der Waals surface area contributed by atoms with Crippen LogP contribution in [0.1, 0.15) is 5.56 Å². The molecule has 5 heteroatoms. The normalized spacial score (nSPS) is 17.7. The molecule has 1 aliphatic heterocycles. The standard InChI is InChI=1S/C13H12N2O2S/c16-12-5-6-14-13(17)15(12)8-10-7-9-3-1-2-4-11(9)18-10/h1-6,10H,7-8H2,(H,14,17). The molecule has 1 unspecified atom stereocenters. The molecule has 0 radical (unpaired) electrons. The van der Waals surface area contributed by atoms with Crippen LogP contribution in [0.2, 0.25) is 0 Å². The highest BCUT2D eigenvalue weighted by Crippen LogP contribution is 2.36. The summed E-state index contributed by atoms with van der Waals surface area (Å²) in [6.07, 6.45) is 2.29. The van der Waals surface area contributed by atoms with E-state index in [4.69, 9.17) is 0 Å². The lowest BCUT2D eigenvalue weighted by atomic mass is 10.1. The van der Waals surface area contributed by atoms with Crippen LogP contribution in [-0.4, -0.2) is 14.8 Å². The van der Waals surface area contributed by atoms with Gasteiger partial charge in [-0.1, -0.05) is 18.2 Å². The van der Waals surface area contributed by atoms with E-state index in [0.29, 0.717) is 6.54 Å². The summed E-state index contributed by atoms with van der Waals surface area (Å²) in [5, 5.41) is 0.253. The van der Waals surface area contributed by atoms with Crippen molar-refractivity contribution in [1.29, 1.82) is 0 Å². The molecule has 0 saturated carbocycles. The largest absolute Gasteiger partial charge is 0.328 e. The number of aromatic nitrogens is 2. The second-order valence-electron chi connectivity index (χ2n) is 4.28. The fourth-order valence-corrected chi connectivity index (χ4v) is 3.49. The zero-order valence-electron chi connectivity index (χ0n) is 9.63. The van der Waals surface area contributed by atoms with Gasteiger partial charge in [-0.25, -0.2) is 4.79 Å². The Balaban J connectivity index is 1.85. The number of rotatable bonds is 2. The summed E-state index contributed by atoms with van der Waals surface area (Å²) < 4.78 is 1.27. The zero-order valence-corrected chi connectivity index (χ0v) is 10.4. The van der Waals surface area contributed by atoms with E-state index in [1.165, 1.54) is 27.3 Å². The van der Waals surface area contributed by atoms with E-state index < -0.39 is 0 Å². The minimum atomic E-state index is -0.334. The van der Waals surface area contributed by atoms with Gasteiger partial charge in [-0.3, -0.25) is 9.36 Å². The Morgan fingerprint density at radius 2 is 2.11 bits per heavy atom. The second kappa shape index (κ2) is 4.49. The van der Waals surface area contributed by atoms with Gasteiger partial charge in [0.15, 0.2) is 0 Å². The van der Waals surface area contributed by atoms with Crippen molar-refractivity contribution in [2.24, 2.45) is 0 Å². The molecule has 3 rings (SSSR count). The lowest BCUT2D eigenvalue weighted by Gasteiger charge is -2.09. The van der Waals surface area contributed by atoms with Gasteiger partial charge in [0, 0.05) is 29.0 Å². The van der Waals surface area contributed by atoms with Crippen molar-refractivity contribution < 1.29 is 0 Å². The molecule has 2 aromatic rings. The highest BCUT2D eigenvalue weighted by atomic mass is 32.2. The molecule has 0 fully saturated rings. The zero-order chi connectivity index (χ0) is 12.5. The van der Waals surface area contributed by atoms with Gasteiger partial charge in [-0.2, -0.15) is 0 Å². The number of hydrogen-bond donors (Lipinski definition) is 1. The Kier molecular flexibility index (Phi) is 2.83. The van der Waals surface area contributed by atoms with Crippen LogP contribution in [0.3, 0.4) is 0 Å². The predicted molar refractivity (Wildman–Crippen MR) is 71.1 cm³/mol. The molecule has 0 saturated heterocycles. The van der Waals surface area contributed by atoms with Crippen LogP contribution in [-0.2, 0) is 13.0 Å². The summed E-state index contributed by atoms with van der Waals surface area (Å²) >= 11 is 1.74. The quantitative estimate of drug-likeness (QED) is 0.884. The van der Waals surface area contributed by atoms with Crippen LogP contribution < -0.4 is 11.2 Å².